The maximum absolute atomic E-state index is 12.9. The smallest absolute Gasteiger partial charge is 0.286 e. The van der Waals surface area contributed by atoms with Crippen LogP contribution in [-0.4, -0.2) is 43.4 Å². The maximum Gasteiger partial charge on any atom is 0.286 e. The van der Waals surface area contributed by atoms with Crippen LogP contribution in [0.3, 0.4) is 0 Å². The lowest BCUT2D eigenvalue weighted by atomic mass is 9.80. The molecule has 4 rings (SSSR count). The molecule has 1 aliphatic carbocycles. The summed E-state index contributed by atoms with van der Waals surface area (Å²) < 4.78 is 22.9. The molecule has 7 nitrogen and oxygen atoms in total. The van der Waals surface area contributed by atoms with Gasteiger partial charge >= 0.3 is 0 Å². The van der Waals surface area contributed by atoms with Crippen LogP contribution in [0.4, 0.5) is 0 Å². The molecule has 0 unspecified atom stereocenters. The highest BCUT2D eigenvalue weighted by Gasteiger charge is 2.38. The molecule has 1 amide bonds. The van der Waals surface area contributed by atoms with E-state index in [2.05, 4.69) is 5.32 Å². The Morgan fingerprint density at radius 2 is 2.03 bits per heavy atom. The van der Waals surface area contributed by atoms with E-state index in [1.807, 2.05) is 31.2 Å². The van der Waals surface area contributed by atoms with Gasteiger partial charge in [-0.2, -0.15) is 0 Å². The van der Waals surface area contributed by atoms with Crippen molar-refractivity contribution in [2.75, 3.05) is 20.0 Å². The van der Waals surface area contributed by atoms with Gasteiger partial charge in [-0.3, -0.25) is 4.79 Å². The van der Waals surface area contributed by atoms with E-state index in [1.165, 1.54) is 0 Å². The van der Waals surface area contributed by atoms with Gasteiger partial charge in [0.15, 0.2) is 17.3 Å². The van der Waals surface area contributed by atoms with Gasteiger partial charge < -0.3 is 29.4 Å². The Bertz CT molecular complexity index is 773. The van der Waals surface area contributed by atoms with Crippen LogP contribution < -0.4 is 14.8 Å². The predicted octanol–water partition coefficient (Wildman–Crippen LogP) is 3.22. The van der Waals surface area contributed by atoms with Crippen molar-refractivity contribution >= 4 is 5.91 Å². The Morgan fingerprint density at radius 1 is 1.23 bits per heavy atom. The van der Waals surface area contributed by atoms with E-state index >= 15 is 0 Å². The van der Waals surface area contributed by atoms with E-state index in [4.69, 9.17) is 18.9 Å². The van der Waals surface area contributed by atoms with Gasteiger partial charge in [0.2, 0.25) is 13.1 Å². The number of carbonyl (C=O) groups is 1. The number of hydrogen-bond donors (Lipinski definition) is 2. The molecular formula is C23H31NO6. The molecule has 7 heteroatoms. The Hall–Kier alpha value is -2.25. The van der Waals surface area contributed by atoms with Gasteiger partial charge in [0.05, 0.1) is 0 Å². The summed E-state index contributed by atoms with van der Waals surface area (Å²) >= 11 is 0. The molecule has 2 aliphatic heterocycles. The van der Waals surface area contributed by atoms with Crippen molar-refractivity contribution in [1.82, 2.24) is 5.32 Å². The highest BCUT2D eigenvalue weighted by atomic mass is 16.7. The number of aliphatic hydroxyl groups is 1. The quantitative estimate of drug-likeness (QED) is 0.676. The summed E-state index contributed by atoms with van der Waals surface area (Å²) in [7, 11) is 0. The molecule has 0 aromatic heterocycles. The summed E-state index contributed by atoms with van der Waals surface area (Å²) in [6.07, 6.45) is 7.03. The third-order valence-electron chi connectivity index (χ3n) is 6.11. The summed E-state index contributed by atoms with van der Waals surface area (Å²) in [5.74, 6) is 1.43. The maximum atomic E-state index is 12.9. The van der Waals surface area contributed by atoms with E-state index in [0.717, 1.165) is 37.0 Å². The van der Waals surface area contributed by atoms with Gasteiger partial charge in [-0.1, -0.05) is 18.9 Å². The van der Waals surface area contributed by atoms with Gasteiger partial charge in [0.25, 0.3) is 5.91 Å². The second-order valence-corrected chi connectivity index (χ2v) is 8.10. The number of fused-ring (bicyclic) bond motifs is 1. The van der Waals surface area contributed by atoms with Crippen LogP contribution >= 0.6 is 0 Å². The van der Waals surface area contributed by atoms with E-state index in [9.17, 15) is 9.90 Å². The van der Waals surface area contributed by atoms with Gasteiger partial charge in [0.1, 0.15) is 0 Å². The monoisotopic (exact) mass is 417 g/mol. The Labute approximate surface area is 177 Å². The molecule has 3 atom stereocenters. The molecule has 30 heavy (non-hydrogen) atoms. The SMILES string of the molecule is CCO[C@@H]1OC(C(=O)NC2CCCC2)=C[C@H](c2ccc3c(c2)OCO3)[C@@H]1CCCO. The minimum Gasteiger partial charge on any atom is -0.459 e. The molecule has 0 saturated heterocycles. The van der Waals surface area contributed by atoms with Crippen molar-refractivity contribution in [2.45, 2.75) is 63.7 Å². The van der Waals surface area contributed by atoms with Crippen LogP contribution in [0.1, 0.15) is 56.9 Å². The number of hydrogen-bond acceptors (Lipinski definition) is 6. The van der Waals surface area contributed by atoms with Gasteiger partial charge in [0, 0.05) is 31.1 Å². The first-order valence-electron chi connectivity index (χ1n) is 11.0. The summed E-state index contributed by atoms with van der Waals surface area (Å²) in [6.45, 7) is 2.71. The minimum atomic E-state index is -0.550. The topological polar surface area (TPSA) is 86.3 Å². The van der Waals surface area contributed by atoms with Gasteiger partial charge in [-0.15, -0.1) is 0 Å². The first kappa shape index (κ1) is 21.0. The molecule has 2 heterocycles. The van der Waals surface area contributed by atoms with Crippen LogP contribution in [0, 0.1) is 5.92 Å². The zero-order valence-corrected chi connectivity index (χ0v) is 17.5. The molecule has 2 N–H and O–H groups in total. The standard InChI is InChI=1S/C23H31NO6/c1-2-27-23-17(8-5-11-25)18(15-9-10-19-20(12-15)29-14-28-19)13-21(30-23)22(26)24-16-6-3-4-7-16/h9-10,12-13,16-18,23,25H,2-8,11,14H2,1H3,(H,24,26)/t17-,18+,23+/m0/s1. The van der Waals surface area contributed by atoms with Gasteiger partial charge in [-0.25, -0.2) is 0 Å². The molecule has 3 aliphatic rings. The number of carbonyl (C=O) groups excluding carboxylic acids is 1. The zero-order chi connectivity index (χ0) is 20.9. The van der Waals surface area contributed by atoms with Crippen molar-refractivity contribution in [3.8, 4) is 11.5 Å². The normalized spacial score (nSPS) is 25.7. The molecule has 1 fully saturated rings. The lowest BCUT2D eigenvalue weighted by Gasteiger charge is -2.37. The van der Waals surface area contributed by atoms with Crippen LogP contribution in [0.25, 0.3) is 0 Å². The summed E-state index contributed by atoms with van der Waals surface area (Å²) in [5, 5.41) is 12.5. The van der Waals surface area contributed by atoms with E-state index in [-0.39, 0.29) is 37.2 Å². The van der Waals surface area contributed by atoms with Crippen LogP contribution in [0.5, 0.6) is 11.5 Å². The second-order valence-electron chi connectivity index (χ2n) is 8.10. The molecule has 0 radical (unpaired) electrons. The Morgan fingerprint density at radius 3 is 2.80 bits per heavy atom. The van der Waals surface area contributed by atoms with Crippen molar-refractivity contribution in [1.29, 1.82) is 0 Å². The molecule has 0 bridgehead atoms. The third kappa shape index (κ3) is 4.57. The number of benzene rings is 1. The third-order valence-corrected chi connectivity index (χ3v) is 6.11. The van der Waals surface area contributed by atoms with Crippen LogP contribution in [0.2, 0.25) is 0 Å². The lowest BCUT2D eigenvalue weighted by Crippen LogP contribution is -2.41. The fourth-order valence-corrected chi connectivity index (χ4v) is 4.59. The fourth-order valence-electron chi connectivity index (χ4n) is 4.59. The first-order chi connectivity index (χ1) is 14.7. The number of rotatable bonds is 8. The Kier molecular flexibility index (Phi) is 6.79. The Balaban J connectivity index is 1.63. The molecule has 164 valence electrons. The van der Waals surface area contributed by atoms with Crippen molar-refractivity contribution < 1.29 is 28.8 Å². The number of aliphatic hydroxyl groups excluding tert-OH is 1. The molecule has 1 saturated carbocycles. The summed E-state index contributed by atoms with van der Waals surface area (Å²) in [6, 6.07) is 6.08. The van der Waals surface area contributed by atoms with Crippen molar-refractivity contribution in [3.05, 3.63) is 35.6 Å². The predicted molar refractivity (Wildman–Crippen MR) is 110 cm³/mol. The summed E-state index contributed by atoms with van der Waals surface area (Å²) in [5.41, 5.74) is 1.02. The number of amides is 1. The number of ether oxygens (including phenoxy) is 4. The van der Waals surface area contributed by atoms with Crippen LogP contribution in [-0.2, 0) is 14.3 Å². The number of nitrogens with one attached hydrogen (secondary N) is 1. The average molecular weight is 418 g/mol. The van der Waals surface area contributed by atoms with Crippen molar-refractivity contribution in [2.24, 2.45) is 5.92 Å². The minimum absolute atomic E-state index is 0.0273. The van der Waals surface area contributed by atoms with E-state index in [0.29, 0.717) is 31.0 Å². The fraction of sp³-hybridized carbons (Fsp3) is 0.609. The first-order valence-corrected chi connectivity index (χ1v) is 11.0. The molecule has 1 aromatic carbocycles. The second kappa shape index (κ2) is 9.71. The average Bonchev–Trinajstić information content (AvgIpc) is 3.43. The van der Waals surface area contributed by atoms with Crippen LogP contribution in [0.15, 0.2) is 30.0 Å². The zero-order valence-electron chi connectivity index (χ0n) is 17.5. The number of allylic oxidation sites excluding steroid dienone is 1. The largest absolute Gasteiger partial charge is 0.459 e. The van der Waals surface area contributed by atoms with Gasteiger partial charge in [-0.05, 0) is 56.4 Å². The highest BCUT2D eigenvalue weighted by molar-refractivity contribution is 5.92. The van der Waals surface area contributed by atoms with E-state index < -0.39 is 6.29 Å². The van der Waals surface area contributed by atoms with Crippen molar-refractivity contribution in [3.63, 3.8) is 0 Å². The molecule has 0 spiro atoms. The molecule has 1 aromatic rings. The van der Waals surface area contributed by atoms with E-state index in [1.54, 1.807) is 0 Å². The summed E-state index contributed by atoms with van der Waals surface area (Å²) in [4.78, 5) is 12.9. The molecular weight excluding hydrogens is 386 g/mol. The lowest BCUT2D eigenvalue weighted by molar-refractivity contribution is -0.166. The highest BCUT2D eigenvalue weighted by Crippen LogP contribution is 2.42.